The monoisotopic (exact) mass is 449 g/mol. The predicted molar refractivity (Wildman–Crippen MR) is 125 cm³/mol. The van der Waals surface area contributed by atoms with E-state index in [0.29, 0.717) is 27.8 Å². The molecule has 0 radical (unpaired) electrons. The maximum Gasteiger partial charge on any atom is 0.340 e. The number of nitrogens with one attached hydrogen (secondary N) is 1. The molecule has 164 valence electrons. The zero-order valence-corrected chi connectivity index (χ0v) is 19.1. The second-order valence-corrected chi connectivity index (χ2v) is 7.50. The van der Waals surface area contributed by atoms with Gasteiger partial charge < -0.3 is 19.5 Å². The summed E-state index contributed by atoms with van der Waals surface area (Å²) in [6, 6.07) is 13.5. The first-order chi connectivity index (χ1) is 15.5. The second kappa shape index (κ2) is 10.5. The van der Waals surface area contributed by atoms with Crippen molar-refractivity contribution in [1.82, 2.24) is 4.98 Å². The van der Waals surface area contributed by atoms with E-state index < -0.39 is 5.97 Å². The Bertz CT molecular complexity index is 1180. The van der Waals surface area contributed by atoms with Crippen LogP contribution in [0, 0.1) is 11.3 Å². The van der Waals surface area contributed by atoms with Crippen LogP contribution in [0.2, 0.25) is 0 Å². The van der Waals surface area contributed by atoms with Crippen LogP contribution in [-0.4, -0.2) is 32.3 Å². The van der Waals surface area contributed by atoms with Crippen molar-refractivity contribution in [3.05, 3.63) is 64.1 Å². The Kier molecular flexibility index (Phi) is 7.47. The van der Waals surface area contributed by atoms with Gasteiger partial charge in [0.2, 0.25) is 0 Å². The Labute approximate surface area is 190 Å². The molecule has 0 amide bonds. The van der Waals surface area contributed by atoms with Gasteiger partial charge in [0.1, 0.15) is 16.6 Å². The van der Waals surface area contributed by atoms with Crippen molar-refractivity contribution in [2.75, 3.05) is 26.6 Å². The van der Waals surface area contributed by atoms with E-state index in [1.165, 1.54) is 50.5 Å². The molecule has 0 aliphatic rings. The number of nitrogens with zero attached hydrogens (tertiary/aromatic N) is 2. The first-order valence-corrected chi connectivity index (χ1v) is 10.7. The van der Waals surface area contributed by atoms with Gasteiger partial charge >= 0.3 is 5.97 Å². The Morgan fingerprint density at radius 1 is 1.16 bits per heavy atom. The van der Waals surface area contributed by atoms with Crippen LogP contribution >= 0.6 is 11.3 Å². The lowest BCUT2D eigenvalue weighted by molar-refractivity contribution is 0.0601. The molecule has 32 heavy (non-hydrogen) atoms. The van der Waals surface area contributed by atoms with Gasteiger partial charge in [0.15, 0.2) is 11.5 Å². The van der Waals surface area contributed by atoms with E-state index in [1.54, 1.807) is 6.07 Å². The molecule has 0 atom stereocenters. The van der Waals surface area contributed by atoms with Crippen molar-refractivity contribution in [1.29, 1.82) is 5.26 Å². The number of aryl methyl sites for hydroxylation is 1. The summed E-state index contributed by atoms with van der Waals surface area (Å²) in [6.45, 7) is 2.11. The summed E-state index contributed by atoms with van der Waals surface area (Å²) in [4.78, 5) is 16.8. The average Bonchev–Trinajstić information content (AvgIpc) is 3.33. The summed E-state index contributed by atoms with van der Waals surface area (Å²) in [5.41, 5.74) is 4.03. The van der Waals surface area contributed by atoms with Gasteiger partial charge in [-0.2, -0.15) is 5.26 Å². The van der Waals surface area contributed by atoms with Crippen molar-refractivity contribution in [2.45, 2.75) is 13.3 Å². The molecular formula is C24H23N3O4S. The third-order valence-electron chi connectivity index (χ3n) is 4.81. The van der Waals surface area contributed by atoms with Crippen LogP contribution in [-0.2, 0) is 11.2 Å². The van der Waals surface area contributed by atoms with E-state index in [2.05, 4.69) is 35.4 Å². The third-order valence-corrected chi connectivity index (χ3v) is 5.69. The zero-order valence-electron chi connectivity index (χ0n) is 18.3. The highest BCUT2D eigenvalue weighted by molar-refractivity contribution is 7.11. The molecule has 8 heteroatoms. The SMILES string of the molecule is CCc1ccc(-c2csc(C(C#N)=CNc3cc(OC)c(OC)cc3C(=O)OC)n2)cc1. The van der Waals surface area contributed by atoms with Gasteiger partial charge in [-0.05, 0) is 12.0 Å². The van der Waals surface area contributed by atoms with Crippen LogP contribution in [0.3, 0.4) is 0 Å². The van der Waals surface area contributed by atoms with Gasteiger partial charge in [-0.15, -0.1) is 11.3 Å². The van der Waals surface area contributed by atoms with Gasteiger partial charge in [-0.1, -0.05) is 31.2 Å². The molecule has 0 aliphatic carbocycles. The Morgan fingerprint density at radius 3 is 2.44 bits per heavy atom. The number of methoxy groups -OCH3 is 3. The topological polar surface area (TPSA) is 93.5 Å². The van der Waals surface area contributed by atoms with Crippen molar-refractivity contribution in [3.8, 4) is 28.8 Å². The summed E-state index contributed by atoms with van der Waals surface area (Å²) >= 11 is 1.37. The summed E-state index contributed by atoms with van der Waals surface area (Å²) in [6.07, 6.45) is 2.48. The van der Waals surface area contributed by atoms with Crippen molar-refractivity contribution >= 4 is 28.6 Å². The number of carbonyl (C=O) groups is 1. The maximum absolute atomic E-state index is 12.2. The summed E-state index contributed by atoms with van der Waals surface area (Å²) in [7, 11) is 4.28. The highest BCUT2D eigenvalue weighted by atomic mass is 32.1. The number of ether oxygens (including phenoxy) is 3. The largest absolute Gasteiger partial charge is 0.493 e. The van der Waals surface area contributed by atoms with Gasteiger partial charge in [0.25, 0.3) is 0 Å². The van der Waals surface area contributed by atoms with Crippen LogP contribution in [0.15, 0.2) is 48.0 Å². The molecule has 0 unspecified atom stereocenters. The quantitative estimate of drug-likeness (QED) is 0.375. The molecule has 1 heterocycles. The van der Waals surface area contributed by atoms with Crippen molar-refractivity contribution in [2.24, 2.45) is 0 Å². The average molecular weight is 450 g/mol. The van der Waals surface area contributed by atoms with Gasteiger partial charge in [-0.25, -0.2) is 9.78 Å². The lowest BCUT2D eigenvalue weighted by Crippen LogP contribution is -2.07. The number of esters is 1. The zero-order chi connectivity index (χ0) is 23.1. The molecule has 1 N–H and O–H groups in total. The smallest absolute Gasteiger partial charge is 0.340 e. The van der Waals surface area contributed by atoms with Gasteiger partial charge in [0, 0.05) is 29.3 Å². The number of anilines is 1. The lowest BCUT2D eigenvalue weighted by atomic mass is 10.1. The highest BCUT2D eigenvalue weighted by Crippen LogP contribution is 2.34. The second-order valence-electron chi connectivity index (χ2n) is 6.65. The third kappa shape index (κ3) is 4.90. The molecule has 2 aromatic carbocycles. The molecule has 7 nitrogen and oxygen atoms in total. The minimum absolute atomic E-state index is 0.245. The fourth-order valence-electron chi connectivity index (χ4n) is 3.01. The maximum atomic E-state index is 12.2. The molecule has 3 aromatic rings. The molecule has 0 aliphatic heterocycles. The van der Waals surface area contributed by atoms with Crippen LogP contribution in [0.5, 0.6) is 11.5 Å². The van der Waals surface area contributed by atoms with Crippen molar-refractivity contribution in [3.63, 3.8) is 0 Å². The van der Waals surface area contributed by atoms with E-state index >= 15 is 0 Å². The number of hydrogen-bond donors (Lipinski definition) is 1. The minimum atomic E-state index is -0.549. The fraction of sp³-hybridized carbons (Fsp3) is 0.208. The van der Waals surface area contributed by atoms with Crippen molar-refractivity contribution < 1.29 is 19.0 Å². The molecule has 3 rings (SSSR count). The van der Waals surface area contributed by atoms with Gasteiger partial charge in [-0.3, -0.25) is 0 Å². The van der Waals surface area contributed by atoms with Crippen LogP contribution in [0.1, 0.15) is 27.9 Å². The van der Waals surface area contributed by atoms with Gasteiger partial charge in [0.05, 0.1) is 38.3 Å². The molecule has 0 bridgehead atoms. The molecule has 0 saturated carbocycles. The first kappa shape index (κ1) is 22.8. The standard InChI is InChI=1S/C24H23N3O4S/c1-5-15-6-8-16(9-7-15)20-14-32-23(27-20)17(12-25)13-26-19-11-22(30-3)21(29-2)10-18(19)24(28)31-4/h6-11,13-14,26H,5H2,1-4H3. The predicted octanol–water partition coefficient (Wildman–Crippen LogP) is 5.15. The number of rotatable bonds is 8. The van der Waals surface area contributed by atoms with E-state index in [4.69, 9.17) is 14.2 Å². The summed E-state index contributed by atoms with van der Waals surface area (Å²) in [5.74, 6) is 0.274. The number of carbonyl (C=O) groups excluding carboxylic acids is 1. The number of benzene rings is 2. The minimum Gasteiger partial charge on any atom is -0.493 e. The highest BCUT2D eigenvalue weighted by Gasteiger charge is 2.18. The van der Waals surface area contributed by atoms with E-state index in [1.807, 2.05) is 17.5 Å². The van der Waals surface area contributed by atoms with E-state index in [-0.39, 0.29) is 5.56 Å². The molecule has 0 saturated heterocycles. The Hall–Kier alpha value is -3.83. The van der Waals surface area contributed by atoms with E-state index in [9.17, 15) is 10.1 Å². The molecular weight excluding hydrogens is 426 g/mol. The molecule has 0 spiro atoms. The Morgan fingerprint density at radius 2 is 1.84 bits per heavy atom. The number of thiazole rings is 1. The summed E-state index contributed by atoms with van der Waals surface area (Å²) in [5, 5.41) is 15.2. The van der Waals surface area contributed by atoms with Crippen LogP contribution in [0.4, 0.5) is 5.69 Å². The Balaban J connectivity index is 1.92. The fourth-order valence-corrected chi connectivity index (χ4v) is 3.80. The number of nitriles is 1. The lowest BCUT2D eigenvalue weighted by Gasteiger charge is -2.13. The molecule has 0 fully saturated rings. The number of hydrogen-bond acceptors (Lipinski definition) is 8. The number of aromatic nitrogens is 1. The summed E-state index contributed by atoms with van der Waals surface area (Å²) < 4.78 is 15.4. The molecule has 1 aromatic heterocycles. The first-order valence-electron chi connectivity index (χ1n) is 9.80. The normalized spacial score (nSPS) is 10.9. The van der Waals surface area contributed by atoms with Crippen LogP contribution in [0.25, 0.3) is 16.8 Å². The van der Waals surface area contributed by atoms with Crippen LogP contribution < -0.4 is 14.8 Å². The van der Waals surface area contributed by atoms with E-state index in [0.717, 1.165) is 17.7 Å². The number of allylic oxidation sites excluding steroid dienone is 1.